The number of halogens is 2. The average molecular weight is 332 g/mol. The summed E-state index contributed by atoms with van der Waals surface area (Å²) in [5, 5.41) is 0.757. The van der Waals surface area contributed by atoms with Crippen LogP contribution in [0.1, 0.15) is 37.8 Å². The molecule has 100 valence electrons. The topological polar surface area (TPSA) is 29.3 Å². The lowest BCUT2D eigenvalue weighted by molar-refractivity contribution is 0.108. The second kappa shape index (κ2) is 6.38. The molecule has 4 heteroatoms. The van der Waals surface area contributed by atoms with E-state index in [1.165, 1.54) is 24.8 Å². The maximum absolute atomic E-state index is 6.01. The molecule has 2 nitrogen and oxygen atoms in total. The summed E-state index contributed by atoms with van der Waals surface area (Å²) < 4.78 is 1.06. The molecular formula is C14H20BrClN2. The predicted molar refractivity (Wildman–Crippen MR) is 81.0 cm³/mol. The molecule has 1 aromatic carbocycles. The first-order valence-electron chi connectivity index (χ1n) is 6.54. The van der Waals surface area contributed by atoms with E-state index in [0.717, 1.165) is 16.0 Å². The molecule has 1 saturated heterocycles. The molecule has 0 amide bonds. The van der Waals surface area contributed by atoms with Crippen LogP contribution in [0.5, 0.6) is 0 Å². The quantitative estimate of drug-likeness (QED) is 0.908. The Morgan fingerprint density at radius 3 is 2.89 bits per heavy atom. The molecule has 1 aliphatic heterocycles. The van der Waals surface area contributed by atoms with Gasteiger partial charge in [-0.2, -0.15) is 0 Å². The lowest BCUT2D eigenvalue weighted by Crippen LogP contribution is -2.43. The minimum Gasteiger partial charge on any atom is -0.329 e. The van der Waals surface area contributed by atoms with Crippen molar-refractivity contribution in [1.82, 2.24) is 4.90 Å². The molecule has 0 aliphatic carbocycles. The predicted octanol–water partition coefficient (Wildman–Crippen LogP) is 3.98. The van der Waals surface area contributed by atoms with Crippen LogP contribution in [0.25, 0.3) is 0 Å². The summed E-state index contributed by atoms with van der Waals surface area (Å²) in [5.41, 5.74) is 7.26. The van der Waals surface area contributed by atoms with E-state index in [2.05, 4.69) is 33.8 Å². The monoisotopic (exact) mass is 330 g/mol. The summed E-state index contributed by atoms with van der Waals surface area (Å²) in [6.45, 7) is 4.08. The van der Waals surface area contributed by atoms with Gasteiger partial charge in [0.2, 0.25) is 0 Å². The van der Waals surface area contributed by atoms with Gasteiger partial charge in [-0.15, -0.1) is 0 Å². The zero-order valence-electron chi connectivity index (χ0n) is 10.7. The first kappa shape index (κ1) is 14.3. The average Bonchev–Trinajstić information content (AvgIpc) is 2.34. The van der Waals surface area contributed by atoms with Crippen LogP contribution in [0.4, 0.5) is 0 Å². The van der Waals surface area contributed by atoms with Gasteiger partial charge in [0.15, 0.2) is 0 Å². The first-order chi connectivity index (χ1) is 8.63. The van der Waals surface area contributed by atoms with Gasteiger partial charge in [0.1, 0.15) is 0 Å². The van der Waals surface area contributed by atoms with Crippen molar-refractivity contribution in [2.24, 2.45) is 5.73 Å². The molecule has 18 heavy (non-hydrogen) atoms. The van der Waals surface area contributed by atoms with Crippen LogP contribution in [0, 0.1) is 0 Å². The van der Waals surface area contributed by atoms with Crippen LogP contribution in [-0.4, -0.2) is 24.0 Å². The molecule has 0 radical (unpaired) electrons. The van der Waals surface area contributed by atoms with Gasteiger partial charge < -0.3 is 5.73 Å². The summed E-state index contributed by atoms with van der Waals surface area (Å²) in [4.78, 5) is 2.53. The minimum atomic E-state index is 0.284. The van der Waals surface area contributed by atoms with Crippen molar-refractivity contribution in [3.05, 3.63) is 33.3 Å². The maximum atomic E-state index is 6.01. The van der Waals surface area contributed by atoms with E-state index < -0.39 is 0 Å². The van der Waals surface area contributed by atoms with E-state index in [0.29, 0.717) is 12.6 Å². The highest BCUT2D eigenvalue weighted by Crippen LogP contribution is 2.33. The molecule has 1 aromatic rings. The normalized spacial score (nSPS) is 23.0. The largest absolute Gasteiger partial charge is 0.329 e. The smallest absolute Gasteiger partial charge is 0.0484 e. The maximum Gasteiger partial charge on any atom is 0.0484 e. The number of piperidine rings is 1. The number of hydrogen-bond acceptors (Lipinski definition) is 2. The van der Waals surface area contributed by atoms with E-state index in [4.69, 9.17) is 17.3 Å². The van der Waals surface area contributed by atoms with Gasteiger partial charge in [0.25, 0.3) is 0 Å². The Morgan fingerprint density at radius 2 is 2.28 bits per heavy atom. The number of nitrogens with two attached hydrogens (primary N) is 1. The van der Waals surface area contributed by atoms with Gasteiger partial charge in [0, 0.05) is 28.1 Å². The van der Waals surface area contributed by atoms with Crippen molar-refractivity contribution >= 4 is 27.5 Å². The van der Waals surface area contributed by atoms with Crippen LogP contribution in [-0.2, 0) is 0 Å². The molecule has 2 unspecified atom stereocenters. The second-order valence-electron chi connectivity index (χ2n) is 5.00. The molecule has 1 aliphatic rings. The number of likely N-dealkylation sites (tertiary alicyclic amines) is 1. The fourth-order valence-corrected chi connectivity index (χ4v) is 3.74. The van der Waals surface area contributed by atoms with Crippen molar-refractivity contribution in [3.8, 4) is 0 Å². The Bertz CT molecular complexity index is 411. The van der Waals surface area contributed by atoms with Crippen molar-refractivity contribution in [2.45, 2.75) is 38.3 Å². The van der Waals surface area contributed by atoms with Gasteiger partial charge in [-0.3, -0.25) is 4.90 Å². The Labute approximate surface area is 123 Å². The third-order valence-corrected chi connectivity index (χ3v) is 4.72. The van der Waals surface area contributed by atoms with Gasteiger partial charge >= 0.3 is 0 Å². The van der Waals surface area contributed by atoms with E-state index in [1.54, 1.807) is 0 Å². The van der Waals surface area contributed by atoms with Crippen molar-refractivity contribution < 1.29 is 0 Å². The van der Waals surface area contributed by atoms with E-state index in [9.17, 15) is 0 Å². The molecule has 2 atom stereocenters. The molecule has 0 saturated carbocycles. The van der Waals surface area contributed by atoms with Gasteiger partial charge in [-0.05, 0) is 44.0 Å². The van der Waals surface area contributed by atoms with Crippen molar-refractivity contribution in [1.29, 1.82) is 0 Å². The molecule has 0 aromatic heterocycles. The number of rotatable bonds is 3. The third kappa shape index (κ3) is 3.08. The van der Waals surface area contributed by atoms with E-state index >= 15 is 0 Å². The van der Waals surface area contributed by atoms with E-state index in [-0.39, 0.29) is 6.04 Å². The summed E-state index contributed by atoms with van der Waals surface area (Å²) in [6.07, 6.45) is 3.87. The number of benzene rings is 1. The highest BCUT2D eigenvalue weighted by molar-refractivity contribution is 9.10. The van der Waals surface area contributed by atoms with Crippen LogP contribution in [0.3, 0.4) is 0 Å². The molecule has 1 fully saturated rings. The first-order valence-corrected chi connectivity index (χ1v) is 7.71. The van der Waals surface area contributed by atoms with E-state index in [1.807, 2.05) is 12.1 Å². The Hall–Kier alpha value is -0.0900. The van der Waals surface area contributed by atoms with Crippen molar-refractivity contribution in [3.63, 3.8) is 0 Å². The van der Waals surface area contributed by atoms with Crippen LogP contribution in [0.2, 0.25) is 5.02 Å². The number of hydrogen-bond donors (Lipinski definition) is 1. The van der Waals surface area contributed by atoms with Crippen molar-refractivity contribution in [2.75, 3.05) is 13.1 Å². The van der Waals surface area contributed by atoms with Gasteiger partial charge in [0.05, 0.1) is 0 Å². The SMILES string of the molecule is CC1CCCCN1C(CN)c1ccc(Cl)cc1Br. The molecule has 0 bridgehead atoms. The fourth-order valence-electron chi connectivity index (χ4n) is 2.80. The summed E-state index contributed by atoms with van der Waals surface area (Å²) in [7, 11) is 0. The minimum absolute atomic E-state index is 0.284. The Kier molecular flexibility index (Phi) is 5.07. The van der Waals surface area contributed by atoms with Crippen LogP contribution >= 0.6 is 27.5 Å². The highest BCUT2D eigenvalue weighted by atomic mass is 79.9. The Morgan fingerprint density at radius 1 is 1.50 bits per heavy atom. The van der Waals surface area contributed by atoms with Crippen LogP contribution < -0.4 is 5.73 Å². The molecule has 1 heterocycles. The third-order valence-electron chi connectivity index (χ3n) is 3.80. The molecule has 2 rings (SSSR count). The fraction of sp³-hybridized carbons (Fsp3) is 0.571. The summed E-state index contributed by atoms with van der Waals surface area (Å²) in [6, 6.07) is 6.88. The molecule has 2 N–H and O–H groups in total. The number of nitrogens with zero attached hydrogens (tertiary/aromatic N) is 1. The highest BCUT2D eigenvalue weighted by Gasteiger charge is 2.27. The second-order valence-corrected chi connectivity index (χ2v) is 6.29. The lowest BCUT2D eigenvalue weighted by atomic mass is 9.97. The standard InChI is InChI=1S/C14H20BrClN2/c1-10-4-2-3-7-18(10)14(9-17)12-6-5-11(16)8-13(12)15/h5-6,8,10,14H,2-4,7,9,17H2,1H3. The zero-order valence-corrected chi connectivity index (χ0v) is 13.0. The van der Waals surface area contributed by atoms with Crippen LogP contribution in [0.15, 0.2) is 22.7 Å². The zero-order chi connectivity index (χ0) is 13.1. The van der Waals surface area contributed by atoms with Gasteiger partial charge in [-0.25, -0.2) is 0 Å². The molecular weight excluding hydrogens is 312 g/mol. The summed E-state index contributed by atoms with van der Waals surface area (Å²) in [5.74, 6) is 0. The van der Waals surface area contributed by atoms with Gasteiger partial charge in [-0.1, -0.05) is 40.0 Å². The Balaban J connectivity index is 2.26. The lowest BCUT2D eigenvalue weighted by Gasteiger charge is -2.39. The summed E-state index contributed by atoms with van der Waals surface area (Å²) >= 11 is 9.61. The molecule has 0 spiro atoms.